The molecule has 2 heteroatoms. The fraction of sp³-hybridized carbons (Fsp3) is 0.600. The van der Waals surface area contributed by atoms with Crippen LogP contribution in [0.3, 0.4) is 0 Å². The van der Waals surface area contributed by atoms with Crippen LogP contribution < -0.4 is 5.32 Å². The Labute approximate surface area is 74.3 Å². The predicted octanol–water partition coefficient (Wildman–Crippen LogP) is 2.54. The van der Waals surface area contributed by atoms with Gasteiger partial charge in [-0.1, -0.05) is 13.8 Å². The second-order valence-corrected chi connectivity index (χ2v) is 3.01. The van der Waals surface area contributed by atoms with Crippen molar-refractivity contribution in [1.82, 2.24) is 5.32 Å². The van der Waals surface area contributed by atoms with E-state index in [4.69, 9.17) is 4.74 Å². The Hall–Kier alpha value is -0.920. The van der Waals surface area contributed by atoms with E-state index in [-0.39, 0.29) is 0 Å². The minimum atomic E-state index is 0.589. The molecule has 0 spiro atoms. The number of nitrogens with one attached hydrogen (secondary N) is 1. The van der Waals surface area contributed by atoms with Crippen molar-refractivity contribution in [3.63, 3.8) is 0 Å². The summed E-state index contributed by atoms with van der Waals surface area (Å²) in [6, 6.07) is 0.589. The van der Waals surface area contributed by atoms with Crippen molar-refractivity contribution in [3.05, 3.63) is 24.3 Å². The highest BCUT2D eigenvalue weighted by Crippen LogP contribution is 2.08. The molecule has 1 rings (SSSR count). The minimum Gasteiger partial charge on any atom is -0.471 e. The van der Waals surface area contributed by atoms with Gasteiger partial charge in [0.25, 0.3) is 0 Å². The van der Waals surface area contributed by atoms with Gasteiger partial charge in [0.05, 0.1) is 12.0 Å². The Kier molecular flexibility index (Phi) is 3.71. The van der Waals surface area contributed by atoms with Crippen molar-refractivity contribution in [2.45, 2.75) is 39.2 Å². The second-order valence-electron chi connectivity index (χ2n) is 3.01. The van der Waals surface area contributed by atoms with Crippen LogP contribution in [0.4, 0.5) is 0 Å². The van der Waals surface area contributed by atoms with Gasteiger partial charge in [0.2, 0.25) is 0 Å². The van der Waals surface area contributed by atoms with Crippen LogP contribution in [0.2, 0.25) is 0 Å². The molecule has 0 saturated heterocycles. The Morgan fingerprint density at radius 3 is 2.75 bits per heavy atom. The van der Waals surface area contributed by atoms with Crippen molar-refractivity contribution >= 4 is 0 Å². The van der Waals surface area contributed by atoms with Gasteiger partial charge in [-0.2, -0.15) is 0 Å². The van der Waals surface area contributed by atoms with Gasteiger partial charge < -0.3 is 10.1 Å². The van der Waals surface area contributed by atoms with Crippen LogP contribution in [-0.4, -0.2) is 6.04 Å². The standard InChI is InChI=1S/C10H17NO/c1-3-9(4-2)11-10-6-5-7-12-8-10/h5,7-9,11H,3-4,6H2,1-2H3. The second kappa shape index (κ2) is 4.86. The Balaban J connectivity index is 2.33. The smallest absolute Gasteiger partial charge is 0.109 e. The largest absolute Gasteiger partial charge is 0.471 e. The van der Waals surface area contributed by atoms with Crippen molar-refractivity contribution in [2.75, 3.05) is 0 Å². The molecule has 0 atom stereocenters. The van der Waals surface area contributed by atoms with Crippen LogP contribution in [0.1, 0.15) is 33.1 Å². The molecule has 1 aliphatic rings. The topological polar surface area (TPSA) is 21.3 Å². The molecule has 0 amide bonds. The maximum Gasteiger partial charge on any atom is 0.109 e. The molecule has 0 bridgehead atoms. The molecular weight excluding hydrogens is 150 g/mol. The lowest BCUT2D eigenvalue weighted by atomic mass is 10.1. The monoisotopic (exact) mass is 167 g/mol. The van der Waals surface area contributed by atoms with E-state index in [1.165, 1.54) is 5.70 Å². The summed E-state index contributed by atoms with van der Waals surface area (Å²) in [5.74, 6) is 0. The highest BCUT2D eigenvalue weighted by atomic mass is 16.5. The van der Waals surface area contributed by atoms with Crippen LogP contribution in [0.5, 0.6) is 0 Å². The fourth-order valence-corrected chi connectivity index (χ4v) is 1.25. The van der Waals surface area contributed by atoms with Crippen LogP contribution >= 0.6 is 0 Å². The molecule has 0 unspecified atom stereocenters. The lowest BCUT2D eigenvalue weighted by Crippen LogP contribution is -2.27. The highest BCUT2D eigenvalue weighted by molar-refractivity contribution is 5.06. The zero-order valence-corrected chi connectivity index (χ0v) is 7.84. The lowest BCUT2D eigenvalue weighted by Gasteiger charge is -2.19. The molecular formula is C10H17NO. The Bertz CT molecular complexity index is 180. The first-order chi connectivity index (χ1) is 5.86. The molecule has 68 valence electrons. The molecule has 1 N–H and O–H groups in total. The van der Waals surface area contributed by atoms with E-state index in [2.05, 4.69) is 19.2 Å². The summed E-state index contributed by atoms with van der Waals surface area (Å²) in [5, 5.41) is 3.44. The molecule has 0 aromatic rings. The summed E-state index contributed by atoms with van der Waals surface area (Å²) >= 11 is 0. The first-order valence-corrected chi connectivity index (χ1v) is 4.62. The van der Waals surface area contributed by atoms with E-state index >= 15 is 0 Å². The summed E-state index contributed by atoms with van der Waals surface area (Å²) < 4.78 is 5.07. The third kappa shape index (κ3) is 2.61. The number of ether oxygens (including phenoxy) is 1. The molecule has 2 nitrogen and oxygen atoms in total. The highest BCUT2D eigenvalue weighted by Gasteiger charge is 2.05. The van der Waals surface area contributed by atoms with Crippen molar-refractivity contribution in [2.24, 2.45) is 0 Å². The van der Waals surface area contributed by atoms with Crippen molar-refractivity contribution < 1.29 is 4.74 Å². The first kappa shape index (κ1) is 9.17. The quantitative estimate of drug-likeness (QED) is 0.694. The van der Waals surface area contributed by atoms with Gasteiger partial charge in [-0.25, -0.2) is 0 Å². The molecule has 0 fully saturated rings. The van der Waals surface area contributed by atoms with Crippen molar-refractivity contribution in [1.29, 1.82) is 0 Å². The van der Waals surface area contributed by atoms with E-state index in [0.29, 0.717) is 6.04 Å². The van der Waals surface area contributed by atoms with Gasteiger partial charge in [-0.05, 0) is 18.9 Å². The summed E-state index contributed by atoms with van der Waals surface area (Å²) in [6.07, 6.45) is 8.83. The molecule has 0 aromatic heterocycles. The molecule has 0 aliphatic carbocycles. The van der Waals surface area contributed by atoms with E-state index in [0.717, 1.165) is 19.3 Å². The van der Waals surface area contributed by atoms with E-state index in [1.807, 2.05) is 6.08 Å². The molecule has 12 heavy (non-hydrogen) atoms. The molecule has 1 heterocycles. The van der Waals surface area contributed by atoms with E-state index in [1.54, 1.807) is 12.5 Å². The third-order valence-electron chi connectivity index (χ3n) is 2.10. The maximum absolute atomic E-state index is 5.07. The third-order valence-corrected chi connectivity index (χ3v) is 2.10. The van der Waals surface area contributed by atoms with Crippen LogP contribution in [-0.2, 0) is 4.74 Å². The van der Waals surface area contributed by atoms with Gasteiger partial charge in [0, 0.05) is 12.5 Å². The maximum atomic E-state index is 5.07. The SMILES string of the molecule is CCC(CC)NC1=COC=CC1. The van der Waals surface area contributed by atoms with Crippen LogP contribution in [0, 0.1) is 0 Å². The normalized spacial score (nSPS) is 15.8. The van der Waals surface area contributed by atoms with Crippen LogP contribution in [0.25, 0.3) is 0 Å². The van der Waals surface area contributed by atoms with Crippen molar-refractivity contribution in [3.8, 4) is 0 Å². The van der Waals surface area contributed by atoms with Gasteiger partial charge in [0.1, 0.15) is 6.26 Å². The van der Waals surface area contributed by atoms with E-state index < -0.39 is 0 Å². The number of allylic oxidation sites excluding steroid dienone is 1. The average Bonchev–Trinajstić information content (AvgIpc) is 2.16. The fourth-order valence-electron chi connectivity index (χ4n) is 1.25. The average molecular weight is 167 g/mol. The first-order valence-electron chi connectivity index (χ1n) is 4.62. The minimum absolute atomic E-state index is 0.589. The number of hydrogen-bond acceptors (Lipinski definition) is 2. The summed E-state index contributed by atoms with van der Waals surface area (Å²) in [6.45, 7) is 4.39. The van der Waals surface area contributed by atoms with Gasteiger partial charge in [-0.15, -0.1) is 0 Å². The Morgan fingerprint density at radius 1 is 1.50 bits per heavy atom. The molecule has 1 aliphatic heterocycles. The van der Waals surface area contributed by atoms with E-state index in [9.17, 15) is 0 Å². The molecule has 0 aromatic carbocycles. The summed E-state index contributed by atoms with van der Waals surface area (Å²) in [4.78, 5) is 0. The summed E-state index contributed by atoms with van der Waals surface area (Å²) in [5.41, 5.74) is 1.19. The van der Waals surface area contributed by atoms with Gasteiger partial charge in [-0.3, -0.25) is 0 Å². The van der Waals surface area contributed by atoms with Crippen LogP contribution in [0.15, 0.2) is 24.3 Å². The summed E-state index contributed by atoms with van der Waals surface area (Å²) in [7, 11) is 0. The Morgan fingerprint density at radius 2 is 2.25 bits per heavy atom. The predicted molar refractivity (Wildman–Crippen MR) is 50.4 cm³/mol. The molecule has 0 saturated carbocycles. The van der Waals surface area contributed by atoms with Gasteiger partial charge >= 0.3 is 0 Å². The van der Waals surface area contributed by atoms with Gasteiger partial charge in [0.15, 0.2) is 0 Å². The zero-order chi connectivity index (χ0) is 8.81. The number of rotatable bonds is 4. The zero-order valence-electron chi connectivity index (χ0n) is 7.84. The lowest BCUT2D eigenvalue weighted by molar-refractivity contribution is 0.375. The molecule has 0 radical (unpaired) electrons. The number of hydrogen-bond donors (Lipinski definition) is 1.